The summed E-state index contributed by atoms with van der Waals surface area (Å²) in [7, 11) is 0. The van der Waals surface area contributed by atoms with E-state index < -0.39 is 11.6 Å². The Morgan fingerprint density at radius 3 is 2.45 bits per heavy atom. The summed E-state index contributed by atoms with van der Waals surface area (Å²) in [6, 6.07) is 5.38. The van der Waals surface area contributed by atoms with Crippen LogP contribution < -0.4 is 10.3 Å². The summed E-state index contributed by atoms with van der Waals surface area (Å²) in [6.07, 6.45) is 1.83. The van der Waals surface area contributed by atoms with Gasteiger partial charge in [0.15, 0.2) is 0 Å². The Bertz CT molecular complexity index is 726. The van der Waals surface area contributed by atoms with Crippen molar-refractivity contribution in [1.29, 1.82) is 0 Å². The number of ether oxygens (including phenoxy) is 1. The third kappa shape index (κ3) is 3.45. The lowest BCUT2D eigenvalue weighted by Crippen LogP contribution is -2.23. The summed E-state index contributed by atoms with van der Waals surface area (Å²) in [4.78, 5) is 12.1. The molecule has 2 rings (SSSR count). The van der Waals surface area contributed by atoms with Crippen LogP contribution in [0.3, 0.4) is 0 Å². The molecule has 0 aliphatic carbocycles. The second-order valence-electron chi connectivity index (χ2n) is 4.43. The van der Waals surface area contributed by atoms with Crippen molar-refractivity contribution >= 4 is 34.4 Å². The zero-order chi connectivity index (χ0) is 16.3. The Kier molecular flexibility index (Phi) is 5.85. The topological polar surface area (TPSA) is 31.2 Å². The number of rotatable bonds is 5. The van der Waals surface area contributed by atoms with Crippen LogP contribution in [0.5, 0.6) is 5.75 Å². The van der Waals surface area contributed by atoms with Gasteiger partial charge < -0.3 is 9.30 Å². The fourth-order valence-corrected chi connectivity index (χ4v) is 2.81. The number of hydrogen-bond donors (Lipinski definition) is 0. The SMILES string of the molecule is CCn1c(-c2c(F)cc(OCSC)cc2F)ccc(I)c1=O. The standard InChI is InChI=1S/C15H14F2INO2S/c1-3-19-13(5-4-12(18)15(19)20)14-10(16)6-9(7-11(14)17)21-8-22-2/h4-7H,3,8H2,1-2H3. The molecule has 0 saturated carbocycles. The molecule has 0 N–H and O–H groups in total. The maximum absolute atomic E-state index is 14.3. The van der Waals surface area contributed by atoms with Gasteiger partial charge in [0.1, 0.15) is 23.3 Å². The molecule has 1 aromatic carbocycles. The first-order chi connectivity index (χ1) is 10.5. The number of benzene rings is 1. The third-order valence-electron chi connectivity index (χ3n) is 3.06. The maximum Gasteiger partial charge on any atom is 0.264 e. The lowest BCUT2D eigenvalue weighted by atomic mass is 10.1. The van der Waals surface area contributed by atoms with Crippen LogP contribution >= 0.6 is 34.4 Å². The maximum atomic E-state index is 14.3. The summed E-state index contributed by atoms with van der Waals surface area (Å²) in [5, 5.41) is 0. The number of halogens is 3. The van der Waals surface area contributed by atoms with E-state index in [1.54, 1.807) is 19.1 Å². The number of pyridine rings is 1. The number of hydrogen-bond acceptors (Lipinski definition) is 3. The van der Waals surface area contributed by atoms with E-state index >= 15 is 0 Å². The summed E-state index contributed by atoms with van der Waals surface area (Å²) < 4.78 is 35.7. The smallest absolute Gasteiger partial charge is 0.264 e. The molecule has 118 valence electrons. The van der Waals surface area contributed by atoms with Gasteiger partial charge in [-0.15, -0.1) is 11.8 Å². The molecule has 7 heteroatoms. The molecule has 1 heterocycles. The Labute approximate surface area is 144 Å². The third-order valence-corrected chi connectivity index (χ3v) is 4.23. The highest BCUT2D eigenvalue weighted by molar-refractivity contribution is 14.1. The summed E-state index contributed by atoms with van der Waals surface area (Å²) >= 11 is 3.31. The van der Waals surface area contributed by atoms with Gasteiger partial charge in [0.2, 0.25) is 0 Å². The second kappa shape index (κ2) is 7.45. The zero-order valence-electron chi connectivity index (χ0n) is 12.0. The molecule has 0 radical (unpaired) electrons. The van der Waals surface area contributed by atoms with Crippen LogP contribution in [0.1, 0.15) is 6.92 Å². The van der Waals surface area contributed by atoms with E-state index in [1.807, 2.05) is 28.8 Å². The van der Waals surface area contributed by atoms with Crippen LogP contribution in [0.25, 0.3) is 11.3 Å². The van der Waals surface area contributed by atoms with Crippen LogP contribution in [0.4, 0.5) is 8.78 Å². The van der Waals surface area contributed by atoms with Gasteiger partial charge in [0.05, 0.1) is 14.8 Å². The predicted molar refractivity (Wildman–Crippen MR) is 93.5 cm³/mol. The van der Waals surface area contributed by atoms with Crippen molar-refractivity contribution in [3.05, 3.63) is 49.8 Å². The molecular weight excluding hydrogens is 423 g/mol. The average Bonchev–Trinajstić information content (AvgIpc) is 2.48. The number of thioether (sulfide) groups is 1. The zero-order valence-corrected chi connectivity index (χ0v) is 15.0. The van der Waals surface area contributed by atoms with E-state index in [2.05, 4.69) is 0 Å². The Morgan fingerprint density at radius 1 is 1.27 bits per heavy atom. The van der Waals surface area contributed by atoms with Crippen LogP contribution in [-0.4, -0.2) is 16.8 Å². The monoisotopic (exact) mass is 437 g/mol. The lowest BCUT2D eigenvalue weighted by Gasteiger charge is -2.14. The fraction of sp³-hybridized carbons (Fsp3) is 0.267. The lowest BCUT2D eigenvalue weighted by molar-refractivity contribution is 0.387. The Hall–Kier alpha value is -1.09. The van der Waals surface area contributed by atoms with E-state index in [4.69, 9.17) is 4.74 Å². The minimum Gasteiger partial charge on any atom is -0.483 e. The van der Waals surface area contributed by atoms with Crippen molar-refractivity contribution in [2.45, 2.75) is 13.5 Å². The fourth-order valence-electron chi connectivity index (χ4n) is 2.09. The number of nitrogens with zero attached hydrogens (tertiary/aromatic N) is 1. The molecule has 0 unspecified atom stereocenters. The van der Waals surface area contributed by atoms with Gasteiger partial charge in [-0.1, -0.05) is 0 Å². The Balaban J connectivity index is 2.59. The van der Waals surface area contributed by atoms with Gasteiger partial charge in [0, 0.05) is 18.7 Å². The van der Waals surface area contributed by atoms with E-state index in [1.165, 1.54) is 16.3 Å². The molecule has 0 atom stereocenters. The molecule has 3 nitrogen and oxygen atoms in total. The molecule has 22 heavy (non-hydrogen) atoms. The van der Waals surface area contributed by atoms with Crippen molar-refractivity contribution in [1.82, 2.24) is 4.57 Å². The first kappa shape index (κ1) is 17.3. The first-order valence-corrected chi connectivity index (χ1v) is 8.97. The molecule has 0 fully saturated rings. The molecule has 0 spiro atoms. The highest BCUT2D eigenvalue weighted by atomic mass is 127. The minimum atomic E-state index is -0.751. The Morgan fingerprint density at radius 2 is 1.91 bits per heavy atom. The summed E-state index contributed by atoms with van der Waals surface area (Å²) in [5.74, 6) is -1.07. The summed E-state index contributed by atoms with van der Waals surface area (Å²) in [5.41, 5.74) is -0.256. The summed E-state index contributed by atoms with van der Waals surface area (Å²) in [6.45, 7) is 2.08. The largest absolute Gasteiger partial charge is 0.483 e. The molecule has 1 aromatic heterocycles. The predicted octanol–water partition coefficient (Wildman–Crippen LogP) is 4.12. The molecule has 2 aromatic rings. The highest BCUT2D eigenvalue weighted by Gasteiger charge is 2.18. The van der Waals surface area contributed by atoms with E-state index in [9.17, 15) is 13.6 Å². The van der Waals surface area contributed by atoms with Gasteiger partial charge in [-0.2, -0.15) is 0 Å². The second-order valence-corrected chi connectivity index (χ2v) is 6.40. The van der Waals surface area contributed by atoms with E-state index in [-0.39, 0.29) is 22.6 Å². The molecule has 0 bridgehead atoms. The minimum absolute atomic E-state index is 0.129. The van der Waals surface area contributed by atoms with Crippen LogP contribution in [0, 0.1) is 15.2 Å². The molecule has 0 amide bonds. The van der Waals surface area contributed by atoms with Gasteiger partial charge in [-0.3, -0.25) is 4.79 Å². The van der Waals surface area contributed by atoms with Crippen LogP contribution in [-0.2, 0) is 6.54 Å². The molecule has 0 aliphatic rings. The van der Waals surface area contributed by atoms with Crippen molar-refractivity contribution in [2.75, 3.05) is 12.2 Å². The highest BCUT2D eigenvalue weighted by Crippen LogP contribution is 2.29. The van der Waals surface area contributed by atoms with E-state index in [0.29, 0.717) is 16.1 Å². The first-order valence-electron chi connectivity index (χ1n) is 6.50. The molecular formula is C15H14F2INO2S. The van der Waals surface area contributed by atoms with Gasteiger partial charge in [-0.05, 0) is 47.9 Å². The van der Waals surface area contributed by atoms with Gasteiger partial charge in [0.25, 0.3) is 5.56 Å². The van der Waals surface area contributed by atoms with Crippen LogP contribution in [0.15, 0.2) is 29.1 Å². The van der Waals surface area contributed by atoms with Crippen LogP contribution in [0.2, 0.25) is 0 Å². The number of aromatic nitrogens is 1. The quantitative estimate of drug-likeness (QED) is 0.521. The van der Waals surface area contributed by atoms with Crippen molar-refractivity contribution < 1.29 is 13.5 Å². The van der Waals surface area contributed by atoms with Gasteiger partial charge in [-0.25, -0.2) is 8.78 Å². The molecule has 0 aliphatic heterocycles. The van der Waals surface area contributed by atoms with Gasteiger partial charge >= 0.3 is 0 Å². The molecule has 0 saturated heterocycles. The van der Waals surface area contributed by atoms with Crippen molar-refractivity contribution in [3.63, 3.8) is 0 Å². The van der Waals surface area contributed by atoms with Crippen molar-refractivity contribution in [3.8, 4) is 17.0 Å². The van der Waals surface area contributed by atoms with E-state index in [0.717, 1.165) is 12.1 Å². The van der Waals surface area contributed by atoms with Crippen molar-refractivity contribution in [2.24, 2.45) is 0 Å². The normalized spacial score (nSPS) is 10.8. The average molecular weight is 437 g/mol.